The van der Waals surface area contributed by atoms with Crippen molar-refractivity contribution in [3.05, 3.63) is 142 Å². The van der Waals surface area contributed by atoms with Gasteiger partial charge in [0, 0.05) is 59.9 Å². The summed E-state index contributed by atoms with van der Waals surface area (Å²) in [6.45, 7) is 16.5. The zero-order valence-corrected chi connectivity index (χ0v) is 37.2. The number of rotatable bonds is 6. The molecule has 0 atom stereocenters. The van der Waals surface area contributed by atoms with Gasteiger partial charge in [-0.15, -0.1) is 0 Å². The first-order chi connectivity index (χ1) is 29.7. The van der Waals surface area contributed by atoms with Crippen LogP contribution in [0.2, 0.25) is 11.3 Å². The number of pyridine rings is 4. The summed E-state index contributed by atoms with van der Waals surface area (Å²) in [6.07, 6.45) is 1.53. The number of hydrogen-bond donors (Lipinski definition) is 2. The summed E-state index contributed by atoms with van der Waals surface area (Å²) in [5.41, 5.74) is 14.3. The molecule has 0 aliphatic carbocycles. The highest BCUT2D eigenvalue weighted by molar-refractivity contribution is 6.41. The molecule has 0 amide bonds. The van der Waals surface area contributed by atoms with E-state index in [4.69, 9.17) is 40.5 Å². The quantitative estimate of drug-likeness (QED) is 0.159. The van der Waals surface area contributed by atoms with Crippen molar-refractivity contribution in [2.24, 2.45) is 11.8 Å². The fourth-order valence-electron chi connectivity index (χ4n) is 8.05. The second-order valence-electron chi connectivity index (χ2n) is 17.1. The van der Waals surface area contributed by atoms with Crippen molar-refractivity contribution in [2.45, 2.75) is 83.0 Å². The third kappa shape index (κ3) is 9.98. The number of aryl methyl sites for hydroxylation is 4. The van der Waals surface area contributed by atoms with Crippen LogP contribution in [0.15, 0.2) is 118 Å². The van der Waals surface area contributed by atoms with Crippen LogP contribution in [-0.2, 0) is 6.42 Å². The van der Waals surface area contributed by atoms with E-state index in [0.29, 0.717) is 34.6 Å². The maximum absolute atomic E-state index is 8.28. The van der Waals surface area contributed by atoms with Gasteiger partial charge in [0.05, 0.1) is 22.4 Å². The van der Waals surface area contributed by atoms with Crippen LogP contribution < -0.4 is 0 Å². The summed E-state index contributed by atoms with van der Waals surface area (Å²) in [5.74, 6) is 0.989. The van der Waals surface area contributed by atoms with Crippen molar-refractivity contribution >= 4 is 84.7 Å². The highest BCUT2D eigenvalue weighted by Crippen LogP contribution is 2.38. The van der Waals surface area contributed by atoms with Gasteiger partial charge >= 0.3 is 7.12 Å². The first-order valence-corrected chi connectivity index (χ1v) is 21.5. The zero-order valence-electron chi connectivity index (χ0n) is 36.4. The summed E-state index contributed by atoms with van der Waals surface area (Å²) in [4.78, 5) is 18.9. The van der Waals surface area contributed by atoms with Gasteiger partial charge in [-0.3, -0.25) is 0 Å². The molecule has 0 unspecified atom stereocenters. The fraction of sp³-hybridized carbons (Fsp3) is 0.259. The topological polar surface area (TPSA) is 118 Å². The number of benzene rings is 4. The van der Waals surface area contributed by atoms with E-state index in [2.05, 4.69) is 104 Å². The van der Waals surface area contributed by atoms with Crippen molar-refractivity contribution in [1.82, 2.24) is 19.9 Å². The van der Waals surface area contributed by atoms with E-state index in [-0.39, 0.29) is 14.9 Å². The van der Waals surface area contributed by atoms with E-state index < -0.39 is 7.12 Å². The third-order valence-corrected chi connectivity index (χ3v) is 11.1. The summed E-state index contributed by atoms with van der Waals surface area (Å²) >= 11 is 6.28. The van der Waals surface area contributed by atoms with E-state index in [9.17, 15) is 0 Å². The Morgan fingerprint density at radius 2 is 1.00 bits per heavy atom. The molecule has 64 heavy (non-hydrogen) atoms. The minimum Gasteiger partial charge on any atom is -0.437 e. The minimum atomic E-state index is -1.13. The Morgan fingerprint density at radius 1 is 0.531 bits per heavy atom. The second-order valence-corrected chi connectivity index (χ2v) is 17.5. The average Bonchev–Trinajstić information content (AvgIpc) is 3.76. The Kier molecular flexibility index (Phi) is 14.6. The molecule has 0 saturated carbocycles. The van der Waals surface area contributed by atoms with E-state index in [1.54, 1.807) is 0 Å². The molecule has 0 bridgehead atoms. The molecule has 6 aromatic heterocycles. The van der Waals surface area contributed by atoms with Crippen LogP contribution in [0.5, 0.6) is 0 Å². The normalized spacial score (nSPS) is 11.2. The molecule has 10 rings (SSSR count). The Labute approximate surface area is 381 Å². The SMILES string of the molecule is C.C.CC(C)CB(O)O.Cc1cc(-c2ccc3c(CC(C)C)cccc3n2)c2oc3nc(C)ccc3c2c1.Cc1cc(-c2ccc3c(Cl)cccc3n2)c2oc3nc(C)ccc3c2c1. The maximum atomic E-state index is 8.28. The number of nitrogens with zero attached hydrogens (tertiary/aromatic N) is 4. The largest absolute Gasteiger partial charge is 0.451 e. The van der Waals surface area contributed by atoms with Crippen LogP contribution in [0, 0.1) is 39.5 Å². The van der Waals surface area contributed by atoms with Crippen molar-refractivity contribution in [3.63, 3.8) is 0 Å². The minimum absolute atomic E-state index is 0. The highest BCUT2D eigenvalue weighted by Gasteiger charge is 2.18. The summed E-state index contributed by atoms with van der Waals surface area (Å²) < 4.78 is 12.3. The van der Waals surface area contributed by atoms with E-state index in [0.717, 1.165) is 95.0 Å². The zero-order chi connectivity index (χ0) is 43.8. The van der Waals surface area contributed by atoms with E-state index in [1.807, 2.05) is 70.2 Å². The van der Waals surface area contributed by atoms with Gasteiger partial charge < -0.3 is 18.9 Å². The molecule has 6 heterocycles. The number of hydrogen-bond acceptors (Lipinski definition) is 8. The molecular weight excluding hydrogens is 815 g/mol. The van der Waals surface area contributed by atoms with E-state index >= 15 is 0 Å². The first-order valence-electron chi connectivity index (χ1n) is 21.1. The molecule has 0 saturated heterocycles. The van der Waals surface area contributed by atoms with Crippen LogP contribution in [-0.4, -0.2) is 37.1 Å². The van der Waals surface area contributed by atoms with Crippen LogP contribution in [0.25, 0.3) is 88.5 Å². The predicted molar refractivity (Wildman–Crippen MR) is 270 cm³/mol. The highest BCUT2D eigenvalue weighted by atomic mass is 35.5. The van der Waals surface area contributed by atoms with Crippen molar-refractivity contribution in [3.8, 4) is 22.5 Å². The van der Waals surface area contributed by atoms with Gasteiger partial charge in [0.1, 0.15) is 11.2 Å². The molecule has 8 nitrogen and oxygen atoms in total. The number of aromatic nitrogens is 4. The lowest BCUT2D eigenvalue weighted by Gasteiger charge is -2.10. The second kappa shape index (κ2) is 19.7. The molecule has 4 aromatic carbocycles. The lowest BCUT2D eigenvalue weighted by atomic mass is 9.80. The number of halogens is 1. The molecular formula is C54H58BClN4O4. The lowest BCUT2D eigenvalue weighted by Crippen LogP contribution is -2.12. The molecule has 0 aliphatic heterocycles. The van der Waals surface area contributed by atoms with Gasteiger partial charge in [0.2, 0.25) is 11.4 Å². The van der Waals surface area contributed by atoms with Crippen molar-refractivity contribution < 1.29 is 18.9 Å². The van der Waals surface area contributed by atoms with Gasteiger partial charge in [-0.05, 0) is 154 Å². The molecule has 0 radical (unpaired) electrons. The van der Waals surface area contributed by atoms with Gasteiger partial charge in [0.25, 0.3) is 0 Å². The molecule has 10 aromatic rings. The third-order valence-electron chi connectivity index (χ3n) is 10.8. The standard InChI is InChI=1S/C26H24N2O.C22H15ClN2O.C4H11BO2.2CH4/c1-15(2)12-18-6-5-7-23-19(18)10-11-24(28-23)22-14-16(3)13-21-20-9-8-17(4)27-26(20)29-25(21)22;1-12-10-16-14-7-6-13(2)24-22(14)26-21(16)17(11-12)20-9-8-15-18(23)4-3-5-19(15)25-20;1-4(2)3-5(6)7;;/h5-11,13-15H,12H2,1-4H3;3-11H,1-2H3;4,6-7H,3H2,1-2H3;2*1H4. The van der Waals surface area contributed by atoms with Gasteiger partial charge in [-0.1, -0.05) is 78.4 Å². The smallest absolute Gasteiger partial charge is 0.437 e. The van der Waals surface area contributed by atoms with E-state index in [1.165, 1.54) is 16.5 Å². The number of fused-ring (bicyclic) bond motifs is 8. The molecule has 328 valence electrons. The molecule has 0 fully saturated rings. The Morgan fingerprint density at radius 3 is 1.47 bits per heavy atom. The lowest BCUT2D eigenvalue weighted by molar-refractivity contribution is 0.394. The predicted octanol–water partition coefficient (Wildman–Crippen LogP) is 14.9. The molecule has 0 spiro atoms. The monoisotopic (exact) mass is 872 g/mol. The number of furan rings is 2. The summed E-state index contributed by atoms with van der Waals surface area (Å²) in [7, 11) is -1.13. The molecule has 0 aliphatic rings. The van der Waals surface area contributed by atoms with Gasteiger partial charge in [0.15, 0.2) is 0 Å². The summed E-state index contributed by atoms with van der Waals surface area (Å²) in [6, 6.07) is 37.3. The van der Waals surface area contributed by atoms with Crippen molar-refractivity contribution in [2.75, 3.05) is 0 Å². The molecule has 2 N–H and O–H groups in total. The van der Waals surface area contributed by atoms with Crippen molar-refractivity contribution in [1.29, 1.82) is 0 Å². The maximum Gasteiger partial charge on any atom is 0.451 e. The first kappa shape index (κ1) is 47.4. The Hall–Kier alpha value is -6.13. The van der Waals surface area contributed by atoms with Gasteiger partial charge in [-0.2, -0.15) is 0 Å². The Balaban J connectivity index is 0.000000181. The van der Waals surface area contributed by atoms with Crippen LogP contribution in [0.4, 0.5) is 0 Å². The van der Waals surface area contributed by atoms with Crippen LogP contribution in [0.3, 0.4) is 0 Å². The van der Waals surface area contributed by atoms with Gasteiger partial charge in [-0.25, -0.2) is 19.9 Å². The summed E-state index contributed by atoms with van der Waals surface area (Å²) in [5, 5.41) is 23.7. The van der Waals surface area contributed by atoms with Crippen LogP contribution >= 0.6 is 11.6 Å². The fourth-order valence-corrected chi connectivity index (χ4v) is 8.28. The average molecular weight is 873 g/mol. The van der Waals surface area contributed by atoms with Crippen LogP contribution in [0.1, 0.15) is 70.6 Å². The molecule has 10 heteroatoms. The Bertz CT molecular complexity index is 3260.